The Balaban J connectivity index is 1.61. The summed E-state index contributed by atoms with van der Waals surface area (Å²) < 4.78 is 0. The van der Waals surface area contributed by atoms with Gasteiger partial charge in [0.2, 0.25) is 5.91 Å². The SMILES string of the molecule is Cc1ccc(N2C(=O)[C@@H]3ON(c4ccccc4)[C@H](c4ccccc4)[C@]3(c3ccccc3)C2=O)cc1. The van der Waals surface area contributed by atoms with Crippen molar-refractivity contribution in [3.8, 4) is 0 Å². The standard InChI is InChI=1S/C30H24N2O3/c1-21-17-19-24(20-18-21)31-28(33)27-30(29(31)34,23-13-7-3-8-14-23)26(22-11-5-2-6-12-22)32(35-27)25-15-9-4-10-16-25/h2-20,26-27H,1H3/t26-,27+,30+/m1/s1. The summed E-state index contributed by atoms with van der Waals surface area (Å²) in [6.07, 6.45) is -1.01. The second kappa shape index (κ2) is 8.22. The van der Waals surface area contributed by atoms with E-state index in [2.05, 4.69) is 0 Å². The molecular weight excluding hydrogens is 436 g/mol. The van der Waals surface area contributed by atoms with E-state index in [1.54, 1.807) is 5.06 Å². The minimum absolute atomic E-state index is 0.283. The molecule has 0 unspecified atom stereocenters. The number of carbonyl (C=O) groups is 2. The lowest BCUT2D eigenvalue weighted by Crippen LogP contribution is -2.46. The Labute approximate surface area is 204 Å². The van der Waals surface area contributed by atoms with Crippen molar-refractivity contribution in [1.29, 1.82) is 0 Å². The molecule has 4 aromatic rings. The molecule has 5 nitrogen and oxygen atoms in total. The smallest absolute Gasteiger partial charge is 0.267 e. The monoisotopic (exact) mass is 460 g/mol. The summed E-state index contributed by atoms with van der Waals surface area (Å²) in [5.41, 5.74) is 2.78. The van der Waals surface area contributed by atoms with Gasteiger partial charge in [-0.15, -0.1) is 0 Å². The number of amides is 2. The van der Waals surface area contributed by atoms with Gasteiger partial charge in [-0.3, -0.25) is 14.4 Å². The molecule has 5 heteroatoms. The molecule has 0 radical (unpaired) electrons. The predicted octanol–water partition coefficient (Wildman–Crippen LogP) is 5.37. The van der Waals surface area contributed by atoms with Gasteiger partial charge in [0.05, 0.1) is 11.4 Å². The summed E-state index contributed by atoms with van der Waals surface area (Å²) in [6.45, 7) is 1.98. The Bertz CT molecular complexity index is 1370. The van der Waals surface area contributed by atoms with Gasteiger partial charge in [-0.2, -0.15) is 0 Å². The maximum Gasteiger partial charge on any atom is 0.267 e. The third-order valence-electron chi connectivity index (χ3n) is 6.97. The molecule has 2 amide bonds. The first-order valence-electron chi connectivity index (χ1n) is 11.7. The van der Waals surface area contributed by atoms with Crippen LogP contribution < -0.4 is 9.96 Å². The molecule has 6 rings (SSSR count). The number of hydrogen-bond acceptors (Lipinski definition) is 4. The third kappa shape index (κ3) is 3.12. The van der Waals surface area contributed by atoms with Crippen LogP contribution in [-0.4, -0.2) is 17.9 Å². The van der Waals surface area contributed by atoms with Gasteiger partial charge >= 0.3 is 0 Å². The Morgan fingerprint density at radius 1 is 0.686 bits per heavy atom. The molecule has 0 bridgehead atoms. The number of rotatable bonds is 4. The first kappa shape index (κ1) is 21.3. The van der Waals surface area contributed by atoms with Crippen molar-refractivity contribution >= 4 is 23.2 Å². The highest BCUT2D eigenvalue weighted by Gasteiger charge is 2.72. The highest BCUT2D eigenvalue weighted by molar-refractivity contribution is 6.28. The van der Waals surface area contributed by atoms with Crippen LogP contribution >= 0.6 is 0 Å². The average Bonchev–Trinajstić information content (AvgIpc) is 3.38. The van der Waals surface area contributed by atoms with E-state index >= 15 is 0 Å². The average molecular weight is 461 g/mol. The normalized spacial score (nSPS) is 23.6. The molecule has 2 fully saturated rings. The number of fused-ring (bicyclic) bond motifs is 1. The fraction of sp³-hybridized carbons (Fsp3) is 0.133. The molecule has 2 heterocycles. The summed E-state index contributed by atoms with van der Waals surface area (Å²) in [6, 6.07) is 35.9. The number of hydrogen-bond donors (Lipinski definition) is 0. The van der Waals surface area contributed by atoms with Crippen molar-refractivity contribution in [2.45, 2.75) is 24.5 Å². The number of benzene rings is 4. The topological polar surface area (TPSA) is 49.9 Å². The van der Waals surface area contributed by atoms with Gasteiger partial charge in [0, 0.05) is 0 Å². The number of aryl methyl sites for hydroxylation is 1. The molecular formula is C30H24N2O3. The molecule has 172 valence electrons. The molecule has 4 aromatic carbocycles. The van der Waals surface area contributed by atoms with Crippen LogP contribution in [0.15, 0.2) is 115 Å². The quantitative estimate of drug-likeness (QED) is 0.384. The fourth-order valence-corrected chi connectivity index (χ4v) is 5.36. The van der Waals surface area contributed by atoms with E-state index in [1.807, 2.05) is 122 Å². The minimum Gasteiger partial charge on any atom is -0.273 e. The van der Waals surface area contributed by atoms with Crippen molar-refractivity contribution in [3.63, 3.8) is 0 Å². The van der Waals surface area contributed by atoms with Crippen molar-refractivity contribution in [1.82, 2.24) is 0 Å². The number of carbonyl (C=O) groups excluding carboxylic acids is 2. The lowest BCUT2D eigenvalue weighted by Gasteiger charge is -2.35. The molecule has 3 atom stereocenters. The lowest BCUT2D eigenvalue weighted by molar-refractivity contribution is -0.126. The van der Waals surface area contributed by atoms with Gasteiger partial charge in [0.15, 0.2) is 6.10 Å². The van der Waals surface area contributed by atoms with Gasteiger partial charge in [-0.1, -0.05) is 96.6 Å². The summed E-state index contributed by atoms with van der Waals surface area (Å²) in [5, 5.41) is 1.75. The van der Waals surface area contributed by atoms with Gasteiger partial charge in [-0.25, -0.2) is 9.96 Å². The van der Waals surface area contributed by atoms with E-state index in [9.17, 15) is 9.59 Å². The third-order valence-corrected chi connectivity index (χ3v) is 6.97. The van der Waals surface area contributed by atoms with Crippen LogP contribution in [0.2, 0.25) is 0 Å². The van der Waals surface area contributed by atoms with Gasteiger partial charge in [0.25, 0.3) is 5.91 Å². The first-order chi connectivity index (χ1) is 17.1. The largest absolute Gasteiger partial charge is 0.273 e. The Morgan fingerprint density at radius 3 is 1.89 bits per heavy atom. The zero-order valence-electron chi connectivity index (χ0n) is 19.2. The van der Waals surface area contributed by atoms with Gasteiger partial charge < -0.3 is 0 Å². The molecule has 0 spiro atoms. The number of nitrogens with zero attached hydrogens (tertiary/aromatic N) is 2. The predicted molar refractivity (Wildman–Crippen MR) is 135 cm³/mol. The van der Waals surface area contributed by atoms with Gasteiger partial charge in [-0.05, 0) is 42.3 Å². The molecule has 0 saturated carbocycles. The first-order valence-corrected chi connectivity index (χ1v) is 11.7. The molecule has 0 aliphatic carbocycles. The summed E-state index contributed by atoms with van der Waals surface area (Å²) in [4.78, 5) is 36.3. The Morgan fingerprint density at radius 2 is 1.26 bits per heavy atom. The van der Waals surface area contributed by atoms with Crippen LogP contribution in [0, 0.1) is 6.92 Å². The fourth-order valence-electron chi connectivity index (χ4n) is 5.36. The Kier molecular flexibility index (Phi) is 5.01. The molecule has 0 N–H and O–H groups in total. The molecule has 35 heavy (non-hydrogen) atoms. The van der Waals surface area contributed by atoms with Crippen LogP contribution in [0.4, 0.5) is 11.4 Å². The summed E-state index contributed by atoms with van der Waals surface area (Å²) >= 11 is 0. The second-order valence-electron chi connectivity index (χ2n) is 9.01. The van der Waals surface area contributed by atoms with E-state index in [1.165, 1.54) is 4.90 Å². The number of anilines is 2. The van der Waals surface area contributed by atoms with E-state index in [4.69, 9.17) is 4.84 Å². The maximum atomic E-state index is 14.6. The second-order valence-corrected chi connectivity index (χ2v) is 9.01. The molecule has 2 aliphatic heterocycles. The number of para-hydroxylation sites is 1. The van der Waals surface area contributed by atoms with E-state index in [0.29, 0.717) is 5.69 Å². The van der Waals surface area contributed by atoms with Crippen molar-refractivity contribution in [3.05, 3.63) is 132 Å². The summed E-state index contributed by atoms with van der Waals surface area (Å²) in [5.74, 6) is -0.642. The van der Waals surface area contributed by atoms with Crippen molar-refractivity contribution in [2.75, 3.05) is 9.96 Å². The number of hydroxylamine groups is 1. The van der Waals surface area contributed by atoms with E-state index in [-0.39, 0.29) is 11.8 Å². The molecule has 0 aromatic heterocycles. The van der Waals surface area contributed by atoms with E-state index < -0.39 is 17.6 Å². The zero-order valence-corrected chi connectivity index (χ0v) is 19.2. The lowest BCUT2D eigenvalue weighted by atomic mass is 9.69. The highest BCUT2D eigenvalue weighted by atomic mass is 16.7. The highest BCUT2D eigenvalue weighted by Crippen LogP contribution is 2.57. The van der Waals surface area contributed by atoms with Gasteiger partial charge in [0.1, 0.15) is 11.5 Å². The number of imide groups is 1. The zero-order chi connectivity index (χ0) is 24.0. The van der Waals surface area contributed by atoms with Crippen LogP contribution in [0.25, 0.3) is 0 Å². The molecule has 2 aliphatic rings. The maximum absolute atomic E-state index is 14.6. The summed E-state index contributed by atoms with van der Waals surface area (Å²) in [7, 11) is 0. The van der Waals surface area contributed by atoms with Crippen LogP contribution in [-0.2, 0) is 19.8 Å². The van der Waals surface area contributed by atoms with Crippen LogP contribution in [0.1, 0.15) is 22.7 Å². The van der Waals surface area contributed by atoms with Crippen LogP contribution in [0.5, 0.6) is 0 Å². The Hall–Kier alpha value is -4.22. The van der Waals surface area contributed by atoms with Crippen molar-refractivity contribution in [2.24, 2.45) is 0 Å². The van der Waals surface area contributed by atoms with E-state index in [0.717, 1.165) is 22.4 Å². The van der Waals surface area contributed by atoms with Crippen molar-refractivity contribution < 1.29 is 14.4 Å². The van der Waals surface area contributed by atoms with Crippen LogP contribution in [0.3, 0.4) is 0 Å². The minimum atomic E-state index is -1.26. The molecule has 2 saturated heterocycles.